The number of anilines is 2. The monoisotopic (exact) mass is 304 g/mol. The van der Waals surface area contributed by atoms with E-state index in [1.165, 1.54) is 23.1 Å². The Morgan fingerprint density at radius 2 is 2.05 bits per heavy atom. The molecule has 0 spiro atoms. The van der Waals surface area contributed by atoms with Crippen molar-refractivity contribution in [1.29, 1.82) is 0 Å². The van der Waals surface area contributed by atoms with Crippen molar-refractivity contribution >= 4 is 34.9 Å². The highest BCUT2D eigenvalue weighted by Gasteiger charge is 2.44. The van der Waals surface area contributed by atoms with Gasteiger partial charge in [0.1, 0.15) is 0 Å². The lowest BCUT2D eigenvalue weighted by molar-refractivity contribution is -0.150. The average Bonchev–Trinajstić information content (AvgIpc) is 2.35. The van der Waals surface area contributed by atoms with E-state index in [2.05, 4.69) is 10.1 Å². The Morgan fingerprint density at radius 1 is 1.40 bits per heavy atom. The molecule has 0 saturated carbocycles. The van der Waals surface area contributed by atoms with Gasteiger partial charge in [0, 0.05) is 5.02 Å². The fourth-order valence-corrected chi connectivity index (χ4v) is 2.00. The average molecular weight is 305 g/mol. The Bertz CT molecular complexity index is 558. The molecule has 1 aliphatic heterocycles. The van der Waals surface area contributed by atoms with Crippen LogP contribution in [0.15, 0.2) is 18.2 Å². The highest BCUT2D eigenvalue weighted by molar-refractivity contribution is 6.38. The maximum atomic E-state index is 12.9. The first-order valence-corrected chi connectivity index (χ1v) is 6.02. The van der Waals surface area contributed by atoms with E-state index in [1.807, 2.05) is 0 Å². The molecule has 0 aromatic heterocycles. The molecule has 1 aliphatic rings. The second kappa shape index (κ2) is 5.24. The quantitative estimate of drug-likeness (QED) is 0.670. The summed E-state index contributed by atoms with van der Waals surface area (Å²) >= 11 is 5.80. The number of esters is 1. The number of methoxy groups -OCH3 is 1. The number of amides is 1. The highest BCUT2D eigenvalue weighted by Crippen LogP contribution is 2.37. The number of benzene rings is 1. The Labute approximate surface area is 118 Å². The smallest absolute Gasteiger partial charge is 0.396 e. The van der Waals surface area contributed by atoms with Crippen LogP contribution in [0.5, 0.6) is 0 Å². The number of rotatable bonds is 2. The number of carbonyl (C=O) groups excluding carboxylic acids is 2. The summed E-state index contributed by atoms with van der Waals surface area (Å²) in [7, 11) is 1.07. The molecule has 1 aromatic carbocycles. The summed E-state index contributed by atoms with van der Waals surface area (Å²) in [5, 5.41) is 2.60. The molecule has 0 bridgehead atoms. The minimum Gasteiger partial charge on any atom is -0.462 e. The first kappa shape index (κ1) is 14.5. The molecule has 0 unspecified atom stereocenters. The van der Waals surface area contributed by atoms with E-state index in [1.54, 1.807) is 0 Å². The van der Waals surface area contributed by atoms with E-state index in [4.69, 9.17) is 11.6 Å². The standard InChI is InChI=1S/C12H11ClF2N2O3/c1-20-11(19)10(18)16-8-4-7(13)2-3-9(8)17-5-12(14,15)6-17/h2-4H,5-6H2,1H3,(H,16,18). The summed E-state index contributed by atoms with van der Waals surface area (Å²) < 4.78 is 30.1. The van der Waals surface area contributed by atoms with Gasteiger partial charge in [0.25, 0.3) is 5.92 Å². The van der Waals surface area contributed by atoms with Crippen LogP contribution in [0.1, 0.15) is 0 Å². The van der Waals surface area contributed by atoms with E-state index < -0.39 is 30.9 Å². The molecule has 0 aliphatic carbocycles. The molecule has 0 radical (unpaired) electrons. The Kier molecular flexibility index (Phi) is 3.80. The van der Waals surface area contributed by atoms with Crippen LogP contribution in [0.3, 0.4) is 0 Å². The maximum Gasteiger partial charge on any atom is 0.396 e. The van der Waals surface area contributed by atoms with Crippen LogP contribution in [0, 0.1) is 0 Å². The van der Waals surface area contributed by atoms with E-state index in [9.17, 15) is 18.4 Å². The zero-order valence-corrected chi connectivity index (χ0v) is 11.2. The summed E-state index contributed by atoms with van der Waals surface area (Å²) in [5.74, 6) is -4.82. The van der Waals surface area contributed by atoms with E-state index in [0.717, 1.165) is 7.11 Å². The van der Waals surface area contributed by atoms with Crippen molar-refractivity contribution in [3.8, 4) is 0 Å². The molecule has 5 nitrogen and oxygen atoms in total. The molecule has 8 heteroatoms. The topological polar surface area (TPSA) is 58.6 Å². The SMILES string of the molecule is COC(=O)C(=O)Nc1cc(Cl)ccc1N1CC(F)(F)C1. The Balaban J connectivity index is 2.21. The fraction of sp³-hybridized carbons (Fsp3) is 0.333. The van der Waals surface area contributed by atoms with E-state index >= 15 is 0 Å². The number of hydrogen-bond donors (Lipinski definition) is 1. The molecule has 108 valence electrons. The second-order valence-electron chi connectivity index (χ2n) is 4.32. The Hall–Kier alpha value is -1.89. The molecule has 20 heavy (non-hydrogen) atoms. The number of halogens is 3. The van der Waals surface area contributed by atoms with Crippen molar-refractivity contribution in [2.75, 3.05) is 30.4 Å². The Morgan fingerprint density at radius 3 is 2.60 bits per heavy atom. The van der Waals surface area contributed by atoms with Gasteiger partial charge in [-0.1, -0.05) is 11.6 Å². The molecule has 1 amide bonds. The lowest BCUT2D eigenvalue weighted by Gasteiger charge is -2.41. The van der Waals surface area contributed by atoms with Crippen molar-refractivity contribution in [3.05, 3.63) is 23.2 Å². The number of hydrogen-bond acceptors (Lipinski definition) is 4. The molecule has 1 fully saturated rings. The molecule has 0 atom stereocenters. The fourth-order valence-electron chi connectivity index (χ4n) is 1.83. The van der Waals surface area contributed by atoms with Crippen molar-refractivity contribution < 1.29 is 23.1 Å². The minimum absolute atomic E-state index is 0.184. The molecule has 1 N–H and O–H groups in total. The molecule has 1 heterocycles. The lowest BCUT2D eigenvalue weighted by Crippen LogP contribution is -2.56. The minimum atomic E-state index is -2.75. The van der Waals surface area contributed by atoms with Crippen molar-refractivity contribution in [1.82, 2.24) is 0 Å². The summed E-state index contributed by atoms with van der Waals surface area (Å²) in [6.07, 6.45) is 0. The van der Waals surface area contributed by atoms with E-state index in [0.29, 0.717) is 10.7 Å². The van der Waals surface area contributed by atoms with E-state index in [-0.39, 0.29) is 5.69 Å². The van der Waals surface area contributed by atoms with Crippen molar-refractivity contribution in [2.45, 2.75) is 5.92 Å². The predicted molar refractivity (Wildman–Crippen MR) is 69.3 cm³/mol. The number of ether oxygens (including phenoxy) is 1. The third kappa shape index (κ3) is 2.98. The predicted octanol–water partition coefficient (Wildman–Crippen LogP) is 1.91. The number of alkyl halides is 2. The third-order valence-electron chi connectivity index (χ3n) is 2.76. The molecule has 1 saturated heterocycles. The normalized spacial score (nSPS) is 16.3. The van der Waals surface area contributed by atoms with Gasteiger partial charge >= 0.3 is 11.9 Å². The van der Waals surface area contributed by atoms with Gasteiger partial charge in [-0.25, -0.2) is 13.6 Å². The zero-order chi connectivity index (χ0) is 14.9. The molecular formula is C12H11ClF2N2O3. The summed E-state index contributed by atoms with van der Waals surface area (Å²) in [5.41, 5.74) is 0.556. The van der Waals surface area contributed by atoms with Crippen LogP contribution in [0.2, 0.25) is 5.02 Å². The van der Waals surface area contributed by atoms with Crippen LogP contribution in [-0.4, -0.2) is 38.0 Å². The second-order valence-corrected chi connectivity index (χ2v) is 4.76. The summed E-state index contributed by atoms with van der Waals surface area (Å²) in [6.45, 7) is -0.897. The summed E-state index contributed by atoms with van der Waals surface area (Å²) in [6, 6.07) is 4.40. The first-order valence-electron chi connectivity index (χ1n) is 5.64. The molecular weight excluding hydrogens is 294 g/mol. The maximum absolute atomic E-state index is 12.9. The van der Waals surface area contributed by atoms with Gasteiger partial charge in [-0.3, -0.25) is 4.79 Å². The van der Waals surface area contributed by atoms with Gasteiger partial charge in [0.05, 0.1) is 31.6 Å². The van der Waals surface area contributed by atoms with Crippen LogP contribution < -0.4 is 10.2 Å². The van der Waals surface area contributed by atoms with Gasteiger partial charge in [0.2, 0.25) is 0 Å². The van der Waals surface area contributed by atoms with Gasteiger partial charge in [-0.15, -0.1) is 0 Å². The van der Waals surface area contributed by atoms with Crippen LogP contribution in [0.25, 0.3) is 0 Å². The van der Waals surface area contributed by atoms with Crippen LogP contribution >= 0.6 is 11.6 Å². The van der Waals surface area contributed by atoms with Gasteiger partial charge in [0.15, 0.2) is 0 Å². The van der Waals surface area contributed by atoms with Gasteiger partial charge < -0.3 is 15.0 Å². The lowest BCUT2D eigenvalue weighted by atomic mass is 10.1. The largest absolute Gasteiger partial charge is 0.462 e. The summed E-state index contributed by atoms with van der Waals surface area (Å²) in [4.78, 5) is 23.9. The third-order valence-corrected chi connectivity index (χ3v) is 3.00. The van der Waals surface area contributed by atoms with Gasteiger partial charge in [-0.05, 0) is 18.2 Å². The van der Waals surface area contributed by atoms with Crippen LogP contribution in [-0.2, 0) is 14.3 Å². The first-order chi connectivity index (χ1) is 9.32. The number of carbonyl (C=O) groups is 2. The molecule has 2 rings (SSSR count). The van der Waals surface area contributed by atoms with Crippen molar-refractivity contribution in [3.63, 3.8) is 0 Å². The number of nitrogens with zero attached hydrogens (tertiary/aromatic N) is 1. The van der Waals surface area contributed by atoms with Gasteiger partial charge in [-0.2, -0.15) is 0 Å². The number of nitrogens with one attached hydrogen (secondary N) is 1. The zero-order valence-electron chi connectivity index (χ0n) is 10.5. The molecule has 1 aromatic rings. The highest BCUT2D eigenvalue weighted by atomic mass is 35.5. The van der Waals surface area contributed by atoms with Crippen LogP contribution in [0.4, 0.5) is 20.2 Å². The van der Waals surface area contributed by atoms with Crippen molar-refractivity contribution in [2.24, 2.45) is 0 Å².